The van der Waals surface area contributed by atoms with E-state index in [1.807, 2.05) is 25.2 Å². The van der Waals surface area contributed by atoms with E-state index in [0.717, 1.165) is 18.4 Å². The van der Waals surface area contributed by atoms with Crippen LogP contribution in [0.15, 0.2) is 42.5 Å². The third kappa shape index (κ3) is 3.54. The van der Waals surface area contributed by atoms with Gasteiger partial charge in [0.25, 0.3) is 0 Å². The highest BCUT2D eigenvalue weighted by atomic mass is 35.5. The van der Waals surface area contributed by atoms with Gasteiger partial charge in [-0.1, -0.05) is 66.5 Å². The normalized spacial score (nSPS) is 12.4. The number of rotatable bonds is 5. The molecule has 1 N–H and O–H groups in total. The van der Waals surface area contributed by atoms with Gasteiger partial charge in [0.05, 0.1) is 10.0 Å². The zero-order valence-corrected chi connectivity index (χ0v) is 13.3. The fraction of sp³-hybridized carbons (Fsp3) is 0.294. The second-order valence-corrected chi connectivity index (χ2v) is 5.64. The van der Waals surface area contributed by atoms with Crippen molar-refractivity contribution in [1.29, 1.82) is 0 Å². The average molecular weight is 308 g/mol. The molecule has 0 aliphatic carbocycles. The van der Waals surface area contributed by atoms with Crippen molar-refractivity contribution in [1.82, 2.24) is 5.32 Å². The molecule has 3 heteroatoms. The Morgan fingerprint density at radius 2 is 1.65 bits per heavy atom. The number of likely N-dealkylation sites (N-methyl/N-ethyl adjacent to an activating group) is 1. The van der Waals surface area contributed by atoms with Gasteiger partial charge in [-0.15, -0.1) is 0 Å². The summed E-state index contributed by atoms with van der Waals surface area (Å²) >= 11 is 12.4. The molecule has 2 aromatic rings. The highest BCUT2D eigenvalue weighted by Gasteiger charge is 2.15. The van der Waals surface area contributed by atoms with Crippen LogP contribution in [0.2, 0.25) is 10.0 Å². The van der Waals surface area contributed by atoms with Gasteiger partial charge in [-0.2, -0.15) is 0 Å². The van der Waals surface area contributed by atoms with Crippen LogP contribution in [0.25, 0.3) is 0 Å². The quantitative estimate of drug-likeness (QED) is 0.814. The van der Waals surface area contributed by atoms with Gasteiger partial charge in [0.2, 0.25) is 0 Å². The van der Waals surface area contributed by atoms with Crippen molar-refractivity contribution >= 4 is 23.2 Å². The van der Waals surface area contributed by atoms with Crippen molar-refractivity contribution in [2.45, 2.75) is 25.8 Å². The molecule has 0 radical (unpaired) electrons. The lowest BCUT2D eigenvalue weighted by molar-refractivity contribution is 0.592. The molecule has 1 unspecified atom stereocenters. The second kappa shape index (κ2) is 7.12. The largest absolute Gasteiger partial charge is 0.313 e. The molecule has 20 heavy (non-hydrogen) atoms. The topological polar surface area (TPSA) is 12.0 Å². The van der Waals surface area contributed by atoms with Gasteiger partial charge in [-0.25, -0.2) is 0 Å². The van der Waals surface area contributed by atoms with E-state index in [4.69, 9.17) is 23.2 Å². The maximum atomic E-state index is 6.31. The summed E-state index contributed by atoms with van der Waals surface area (Å²) in [6.07, 6.45) is 1.95. The minimum atomic E-state index is 0.161. The van der Waals surface area contributed by atoms with Crippen molar-refractivity contribution < 1.29 is 0 Å². The molecule has 1 atom stereocenters. The van der Waals surface area contributed by atoms with Crippen LogP contribution < -0.4 is 5.32 Å². The third-order valence-corrected chi connectivity index (χ3v) is 4.41. The summed E-state index contributed by atoms with van der Waals surface area (Å²) in [4.78, 5) is 0. The van der Waals surface area contributed by atoms with Crippen molar-refractivity contribution in [2.75, 3.05) is 7.05 Å². The maximum Gasteiger partial charge on any atom is 0.0640 e. The number of nitrogens with one attached hydrogen (secondary N) is 1. The molecule has 0 bridgehead atoms. The summed E-state index contributed by atoms with van der Waals surface area (Å²) in [7, 11) is 1.95. The standard InChI is InChI=1S/C17H19Cl2N/c1-3-12-7-9-13(10-8-12)11-16(20-2)14-5-4-6-15(18)17(14)19/h4-10,16,20H,3,11H2,1-2H3. The molecule has 0 aliphatic rings. The second-order valence-electron chi connectivity index (χ2n) is 4.86. The number of halogens is 2. The van der Waals surface area contributed by atoms with Crippen LogP contribution in [0, 0.1) is 0 Å². The van der Waals surface area contributed by atoms with E-state index >= 15 is 0 Å². The summed E-state index contributed by atoms with van der Waals surface area (Å²) in [6, 6.07) is 14.7. The van der Waals surface area contributed by atoms with E-state index in [2.05, 4.69) is 36.5 Å². The fourth-order valence-electron chi connectivity index (χ4n) is 2.30. The molecule has 0 spiro atoms. The van der Waals surface area contributed by atoms with Crippen LogP contribution in [-0.4, -0.2) is 7.05 Å². The van der Waals surface area contributed by atoms with Crippen LogP contribution in [-0.2, 0) is 12.8 Å². The zero-order valence-electron chi connectivity index (χ0n) is 11.8. The summed E-state index contributed by atoms with van der Waals surface area (Å²) < 4.78 is 0. The average Bonchev–Trinajstić information content (AvgIpc) is 2.48. The van der Waals surface area contributed by atoms with E-state index in [9.17, 15) is 0 Å². The Balaban J connectivity index is 2.21. The van der Waals surface area contributed by atoms with Crippen molar-refractivity contribution in [2.24, 2.45) is 0 Å². The Morgan fingerprint density at radius 3 is 2.25 bits per heavy atom. The Labute approximate surface area is 130 Å². The Kier molecular flexibility index (Phi) is 5.47. The van der Waals surface area contributed by atoms with Crippen LogP contribution in [0.3, 0.4) is 0 Å². The van der Waals surface area contributed by atoms with Crippen molar-refractivity contribution in [3.05, 3.63) is 69.2 Å². The molecular weight excluding hydrogens is 289 g/mol. The molecule has 1 nitrogen and oxygen atoms in total. The van der Waals surface area contributed by atoms with Gasteiger partial charge in [0, 0.05) is 6.04 Å². The Hall–Kier alpha value is -1.02. The third-order valence-electron chi connectivity index (χ3n) is 3.58. The van der Waals surface area contributed by atoms with Crippen molar-refractivity contribution in [3.8, 4) is 0 Å². The predicted octanol–water partition coefficient (Wildman–Crippen LogP) is 5.06. The van der Waals surface area contributed by atoms with Gasteiger partial charge in [-0.3, -0.25) is 0 Å². The van der Waals surface area contributed by atoms with E-state index in [-0.39, 0.29) is 6.04 Å². The smallest absolute Gasteiger partial charge is 0.0640 e. The molecule has 0 heterocycles. The minimum Gasteiger partial charge on any atom is -0.313 e. The zero-order chi connectivity index (χ0) is 14.5. The van der Waals surface area contributed by atoms with E-state index in [1.54, 1.807) is 0 Å². The van der Waals surface area contributed by atoms with Crippen LogP contribution in [0.1, 0.15) is 29.7 Å². The lowest BCUT2D eigenvalue weighted by Gasteiger charge is -2.19. The molecule has 0 saturated heterocycles. The first kappa shape index (κ1) is 15.4. The minimum absolute atomic E-state index is 0.161. The van der Waals surface area contributed by atoms with E-state index in [0.29, 0.717) is 10.0 Å². The number of benzene rings is 2. The SMILES string of the molecule is CCc1ccc(CC(NC)c2cccc(Cl)c2Cl)cc1. The van der Waals surface area contributed by atoms with Gasteiger partial charge < -0.3 is 5.32 Å². The van der Waals surface area contributed by atoms with E-state index < -0.39 is 0 Å². The number of aryl methyl sites for hydroxylation is 1. The van der Waals surface area contributed by atoms with Gasteiger partial charge in [-0.05, 0) is 42.6 Å². The summed E-state index contributed by atoms with van der Waals surface area (Å²) in [5.41, 5.74) is 3.69. The molecule has 0 amide bonds. The molecule has 0 fully saturated rings. The first-order valence-corrected chi connectivity index (χ1v) is 7.60. The predicted molar refractivity (Wildman–Crippen MR) is 87.8 cm³/mol. The monoisotopic (exact) mass is 307 g/mol. The van der Waals surface area contributed by atoms with E-state index in [1.165, 1.54) is 11.1 Å². The molecule has 0 saturated carbocycles. The van der Waals surface area contributed by atoms with Crippen LogP contribution in [0.5, 0.6) is 0 Å². The lowest BCUT2D eigenvalue weighted by Crippen LogP contribution is -2.19. The maximum absolute atomic E-state index is 6.31. The first-order valence-electron chi connectivity index (χ1n) is 6.84. The molecule has 2 aromatic carbocycles. The molecular formula is C17H19Cl2N. The highest BCUT2D eigenvalue weighted by Crippen LogP contribution is 2.31. The van der Waals surface area contributed by atoms with Gasteiger partial charge in [0.15, 0.2) is 0 Å². The molecule has 0 aromatic heterocycles. The molecule has 2 rings (SSSR count). The summed E-state index contributed by atoms with van der Waals surface area (Å²) in [5.74, 6) is 0. The number of hydrogen-bond acceptors (Lipinski definition) is 1. The first-order chi connectivity index (χ1) is 9.65. The molecule has 0 aliphatic heterocycles. The summed E-state index contributed by atoms with van der Waals surface area (Å²) in [6.45, 7) is 2.16. The molecule has 106 valence electrons. The van der Waals surface area contributed by atoms with Crippen LogP contribution >= 0.6 is 23.2 Å². The summed E-state index contributed by atoms with van der Waals surface area (Å²) in [5, 5.41) is 4.56. The van der Waals surface area contributed by atoms with Gasteiger partial charge in [0.1, 0.15) is 0 Å². The van der Waals surface area contributed by atoms with Gasteiger partial charge >= 0.3 is 0 Å². The fourth-order valence-corrected chi connectivity index (χ4v) is 2.74. The Morgan fingerprint density at radius 1 is 1.00 bits per heavy atom. The van der Waals surface area contributed by atoms with Crippen LogP contribution in [0.4, 0.5) is 0 Å². The van der Waals surface area contributed by atoms with Crippen molar-refractivity contribution in [3.63, 3.8) is 0 Å². The number of hydrogen-bond donors (Lipinski definition) is 1. The highest BCUT2D eigenvalue weighted by molar-refractivity contribution is 6.42. The Bertz CT molecular complexity index is 564. The lowest BCUT2D eigenvalue weighted by atomic mass is 9.98.